The fourth-order valence-corrected chi connectivity index (χ4v) is 3.07. The lowest BCUT2D eigenvalue weighted by atomic mass is 10.1. The van der Waals surface area contributed by atoms with E-state index in [0.29, 0.717) is 12.2 Å². The monoisotopic (exact) mass is 382 g/mol. The van der Waals surface area contributed by atoms with Gasteiger partial charge in [0.1, 0.15) is 5.82 Å². The van der Waals surface area contributed by atoms with Crippen molar-refractivity contribution in [3.05, 3.63) is 54.0 Å². The number of likely N-dealkylation sites (N-methyl/N-ethyl adjacent to an activating group) is 1. The molecule has 0 aliphatic heterocycles. The van der Waals surface area contributed by atoms with Gasteiger partial charge in [0.25, 0.3) is 5.91 Å². The lowest BCUT2D eigenvalue weighted by molar-refractivity contribution is 0.100. The van der Waals surface area contributed by atoms with Gasteiger partial charge in [-0.05, 0) is 36.8 Å². The number of rotatable bonds is 7. The number of aromatic nitrogens is 2. The molecule has 0 saturated carbocycles. The summed E-state index contributed by atoms with van der Waals surface area (Å²) in [5.74, 6) is -1.11. The Morgan fingerprint density at radius 3 is 2.79 bits per heavy atom. The normalized spacial score (nSPS) is 12.0. The number of nitrogens with one attached hydrogen (secondary N) is 1. The van der Waals surface area contributed by atoms with E-state index in [0.717, 1.165) is 23.4 Å². The molecule has 0 radical (unpaired) electrons. The van der Waals surface area contributed by atoms with Crippen LogP contribution in [0.3, 0.4) is 0 Å². The lowest BCUT2D eigenvalue weighted by Crippen LogP contribution is -2.38. The first-order valence-corrected chi connectivity index (χ1v) is 8.99. The third kappa shape index (κ3) is 3.86. The first kappa shape index (κ1) is 19.5. The summed E-state index contributed by atoms with van der Waals surface area (Å²) < 4.78 is 14.6. The van der Waals surface area contributed by atoms with Gasteiger partial charge in [-0.15, -0.1) is 0 Å². The largest absolute Gasteiger partial charge is 0.365 e. The molecule has 1 unspecified atom stereocenters. The molecule has 3 rings (SSSR count). The summed E-state index contributed by atoms with van der Waals surface area (Å²) in [6.07, 6.45) is 2.44. The topological polar surface area (TPSA) is 110 Å². The molecule has 1 amide bonds. The Hall–Kier alpha value is -3.26. The highest BCUT2D eigenvalue weighted by atomic mass is 19.1. The second kappa shape index (κ2) is 8.18. The zero-order valence-electron chi connectivity index (χ0n) is 15.8. The van der Waals surface area contributed by atoms with Crippen LogP contribution < -0.4 is 21.7 Å². The van der Waals surface area contributed by atoms with Crippen molar-refractivity contribution in [3.8, 4) is 0 Å². The summed E-state index contributed by atoms with van der Waals surface area (Å²) in [6.45, 7) is 2.32. The van der Waals surface area contributed by atoms with E-state index in [2.05, 4.69) is 15.3 Å². The van der Waals surface area contributed by atoms with Gasteiger partial charge in [-0.1, -0.05) is 13.0 Å². The molecular formula is C20H23FN6O. The van der Waals surface area contributed by atoms with Crippen molar-refractivity contribution in [2.75, 3.05) is 23.8 Å². The number of amides is 1. The third-order valence-corrected chi connectivity index (χ3v) is 4.71. The van der Waals surface area contributed by atoms with Crippen molar-refractivity contribution < 1.29 is 9.18 Å². The Balaban J connectivity index is 2.04. The molecule has 8 heteroatoms. The van der Waals surface area contributed by atoms with E-state index < -0.39 is 11.7 Å². The second-order valence-electron chi connectivity index (χ2n) is 6.50. The minimum atomic E-state index is -0.767. The number of pyridine rings is 2. The van der Waals surface area contributed by atoms with Crippen molar-refractivity contribution in [2.24, 2.45) is 11.5 Å². The standard InChI is InChI=1S/C20H23FN6O/c1-3-14(11-22)27(2)20-16(21)10-15(18(23)28)19(26-20)25-13-6-7-17-12(9-13)5-4-8-24-17/h4-10,14H,3,11,22H2,1-2H3,(H2,23,28)(H,25,26). The number of carbonyl (C=O) groups excluding carboxylic acids is 1. The van der Waals surface area contributed by atoms with Crippen LogP contribution in [-0.4, -0.2) is 35.5 Å². The maximum Gasteiger partial charge on any atom is 0.252 e. The molecule has 0 bridgehead atoms. The molecule has 0 fully saturated rings. The maximum absolute atomic E-state index is 14.6. The van der Waals surface area contributed by atoms with Crippen LogP contribution in [0.25, 0.3) is 10.9 Å². The second-order valence-corrected chi connectivity index (χ2v) is 6.50. The number of benzene rings is 1. The highest BCUT2D eigenvalue weighted by Gasteiger charge is 2.21. The van der Waals surface area contributed by atoms with Gasteiger partial charge in [-0.3, -0.25) is 9.78 Å². The van der Waals surface area contributed by atoms with Crippen molar-refractivity contribution in [1.29, 1.82) is 0 Å². The Morgan fingerprint density at radius 1 is 1.32 bits per heavy atom. The van der Waals surface area contributed by atoms with Crippen LogP contribution >= 0.6 is 0 Å². The molecule has 1 atom stereocenters. The Labute approximate surface area is 162 Å². The van der Waals surface area contributed by atoms with Gasteiger partial charge in [-0.2, -0.15) is 0 Å². The summed E-state index contributed by atoms with van der Waals surface area (Å²) in [6, 6.07) is 10.3. The molecular weight excluding hydrogens is 359 g/mol. The fourth-order valence-electron chi connectivity index (χ4n) is 3.07. The number of hydrogen-bond acceptors (Lipinski definition) is 6. The van der Waals surface area contributed by atoms with Crippen LogP contribution in [0, 0.1) is 5.82 Å². The first-order valence-electron chi connectivity index (χ1n) is 8.99. The van der Waals surface area contributed by atoms with Crippen molar-refractivity contribution >= 4 is 34.1 Å². The van der Waals surface area contributed by atoms with Crippen molar-refractivity contribution in [3.63, 3.8) is 0 Å². The summed E-state index contributed by atoms with van der Waals surface area (Å²) in [5, 5.41) is 4.00. The molecule has 0 spiro atoms. The number of nitrogens with two attached hydrogens (primary N) is 2. The van der Waals surface area contributed by atoms with Gasteiger partial charge in [0.2, 0.25) is 0 Å². The molecule has 28 heavy (non-hydrogen) atoms. The van der Waals surface area contributed by atoms with E-state index >= 15 is 0 Å². The molecule has 1 aromatic carbocycles. The molecule has 7 nitrogen and oxygen atoms in total. The number of halogens is 1. The van der Waals surface area contributed by atoms with E-state index in [1.165, 1.54) is 0 Å². The molecule has 146 valence electrons. The quantitative estimate of drug-likeness (QED) is 0.580. The Kier molecular flexibility index (Phi) is 5.70. The molecule has 3 aromatic rings. The zero-order valence-corrected chi connectivity index (χ0v) is 15.8. The van der Waals surface area contributed by atoms with Crippen LogP contribution in [-0.2, 0) is 0 Å². The van der Waals surface area contributed by atoms with Gasteiger partial charge in [0.05, 0.1) is 11.1 Å². The van der Waals surface area contributed by atoms with Gasteiger partial charge in [-0.25, -0.2) is 9.37 Å². The predicted molar refractivity (Wildman–Crippen MR) is 109 cm³/mol. The average molecular weight is 382 g/mol. The highest BCUT2D eigenvalue weighted by Crippen LogP contribution is 2.27. The number of fused-ring (bicyclic) bond motifs is 1. The van der Waals surface area contributed by atoms with Crippen LogP contribution in [0.5, 0.6) is 0 Å². The van der Waals surface area contributed by atoms with E-state index in [4.69, 9.17) is 11.5 Å². The first-order chi connectivity index (χ1) is 13.4. The summed E-state index contributed by atoms with van der Waals surface area (Å²) >= 11 is 0. The molecule has 5 N–H and O–H groups in total. The predicted octanol–water partition coefficient (Wildman–Crippen LogP) is 2.78. The molecule has 0 aliphatic rings. The van der Waals surface area contributed by atoms with Crippen LogP contribution in [0.2, 0.25) is 0 Å². The molecule has 2 heterocycles. The van der Waals surface area contributed by atoms with E-state index in [1.807, 2.05) is 37.3 Å². The molecule has 0 aliphatic carbocycles. The fraction of sp³-hybridized carbons (Fsp3) is 0.250. The summed E-state index contributed by atoms with van der Waals surface area (Å²) in [5.41, 5.74) is 12.7. The minimum absolute atomic E-state index is 0.0262. The van der Waals surface area contributed by atoms with Gasteiger partial charge in [0.15, 0.2) is 11.6 Å². The number of hydrogen-bond donors (Lipinski definition) is 3. The van der Waals surface area contributed by atoms with Crippen LogP contribution in [0.4, 0.5) is 21.7 Å². The Morgan fingerprint density at radius 2 is 2.11 bits per heavy atom. The number of anilines is 3. The smallest absolute Gasteiger partial charge is 0.252 e. The van der Waals surface area contributed by atoms with Gasteiger partial charge >= 0.3 is 0 Å². The Bertz CT molecular complexity index is 1010. The zero-order chi connectivity index (χ0) is 20.3. The SMILES string of the molecule is CCC(CN)N(C)c1nc(Nc2ccc3ncccc3c2)c(C(N)=O)cc1F. The summed E-state index contributed by atoms with van der Waals surface area (Å²) in [7, 11) is 1.72. The lowest BCUT2D eigenvalue weighted by Gasteiger charge is -2.28. The minimum Gasteiger partial charge on any atom is -0.365 e. The third-order valence-electron chi connectivity index (χ3n) is 4.71. The van der Waals surface area contributed by atoms with E-state index in [1.54, 1.807) is 18.1 Å². The van der Waals surface area contributed by atoms with Gasteiger partial charge in [0, 0.05) is 36.9 Å². The average Bonchev–Trinajstić information content (AvgIpc) is 2.69. The van der Waals surface area contributed by atoms with Crippen LogP contribution in [0.1, 0.15) is 23.7 Å². The highest BCUT2D eigenvalue weighted by molar-refractivity contribution is 5.99. The molecule has 0 saturated heterocycles. The molecule has 2 aromatic heterocycles. The number of nitrogens with zero attached hydrogens (tertiary/aromatic N) is 3. The number of primary amides is 1. The van der Waals surface area contributed by atoms with Crippen LogP contribution in [0.15, 0.2) is 42.6 Å². The van der Waals surface area contributed by atoms with Crippen molar-refractivity contribution in [2.45, 2.75) is 19.4 Å². The number of carbonyl (C=O) groups is 1. The van der Waals surface area contributed by atoms with Gasteiger partial charge < -0.3 is 21.7 Å². The maximum atomic E-state index is 14.6. The van der Waals surface area contributed by atoms with E-state index in [-0.39, 0.29) is 23.2 Å². The van der Waals surface area contributed by atoms with Crippen molar-refractivity contribution in [1.82, 2.24) is 9.97 Å². The van der Waals surface area contributed by atoms with E-state index in [9.17, 15) is 9.18 Å². The summed E-state index contributed by atoms with van der Waals surface area (Å²) in [4.78, 5) is 22.1.